The van der Waals surface area contributed by atoms with E-state index in [0.717, 1.165) is 11.3 Å². The quantitative estimate of drug-likeness (QED) is 0.700. The van der Waals surface area contributed by atoms with E-state index in [9.17, 15) is 9.59 Å². The summed E-state index contributed by atoms with van der Waals surface area (Å²) < 4.78 is 10.0. The summed E-state index contributed by atoms with van der Waals surface area (Å²) in [5, 5.41) is 9.18. The van der Waals surface area contributed by atoms with Crippen molar-refractivity contribution in [3.05, 3.63) is 77.0 Å². The molecule has 7 heteroatoms. The lowest BCUT2D eigenvalue weighted by molar-refractivity contribution is 0.0951. The smallest absolute Gasteiger partial charge is 0.256 e. The highest BCUT2D eigenvalue weighted by molar-refractivity contribution is 6.05. The highest BCUT2D eigenvalue weighted by Crippen LogP contribution is 2.13. The van der Waals surface area contributed by atoms with Gasteiger partial charge in [0.05, 0.1) is 7.11 Å². The molecule has 2 aromatic carbocycles. The Morgan fingerprint density at radius 3 is 2.37 bits per heavy atom. The first-order valence-electron chi connectivity index (χ1n) is 8.31. The van der Waals surface area contributed by atoms with E-state index in [4.69, 9.17) is 9.26 Å². The minimum atomic E-state index is -0.367. The van der Waals surface area contributed by atoms with E-state index in [1.165, 1.54) is 6.07 Å². The van der Waals surface area contributed by atoms with Gasteiger partial charge in [0.2, 0.25) is 0 Å². The normalized spacial score (nSPS) is 10.3. The van der Waals surface area contributed by atoms with Crippen LogP contribution in [0.3, 0.4) is 0 Å². The molecular weight excluding hydrogens is 346 g/mol. The largest absolute Gasteiger partial charge is 0.497 e. The van der Waals surface area contributed by atoms with Crippen molar-refractivity contribution in [3.63, 3.8) is 0 Å². The van der Waals surface area contributed by atoms with Crippen LogP contribution >= 0.6 is 0 Å². The third-order valence-corrected chi connectivity index (χ3v) is 3.87. The number of hydrogen-bond donors (Lipinski definition) is 2. The van der Waals surface area contributed by atoms with E-state index in [1.54, 1.807) is 38.3 Å². The number of methoxy groups -OCH3 is 1. The van der Waals surface area contributed by atoms with Crippen molar-refractivity contribution in [2.24, 2.45) is 0 Å². The number of nitrogens with one attached hydrogen (secondary N) is 2. The molecule has 2 amide bonds. The molecule has 0 aliphatic rings. The zero-order valence-electron chi connectivity index (χ0n) is 15.0. The number of aryl methyl sites for hydroxylation is 1. The molecule has 3 aromatic rings. The van der Waals surface area contributed by atoms with Crippen LogP contribution in [-0.4, -0.2) is 24.1 Å². The fourth-order valence-electron chi connectivity index (χ4n) is 2.44. The standard InChI is InChI=1S/C20H19N3O4/c1-13-10-18(23-27-13)22-20(25)16-5-3-4-15(11-16)19(24)21-12-14-6-8-17(26-2)9-7-14/h3-11H,12H2,1-2H3,(H,21,24)(H,22,23,25). The third kappa shape index (κ3) is 4.72. The summed E-state index contributed by atoms with van der Waals surface area (Å²) in [6.45, 7) is 2.11. The highest BCUT2D eigenvalue weighted by atomic mass is 16.5. The van der Waals surface area contributed by atoms with Crippen LogP contribution < -0.4 is 15.4 Å². The van der Waals surface area contributed by atoms with Gasteiger partial charge in [-0.05, 0) is 42.8 Å². The van der Waals surface area contributed by atoms with Crippen molar-refractivity contribution in [2.45, 2.75) is 13.5 Å². The number of rotatable bonds is 6. The van der Waals surface area contributed by atoms with E-state index in [2.05, 4.69) is 15.8 Å². The molecule has 0 radical (unpaired) electrons. The Labute approximate surface area is 156 Å². The molecule has 7 nitrogen and oxygen atoms in total. The first-order chi connectivity index (χ1) is 13.0. The molecule has 0 fully saturated rings. The predicted octanol–water partition coefficient (Wildman–Crippen LogP) is 3.17. The van der Waals surface area contributed by atoms with Gasteiger partial charge in [-0.25, -0.2) is 0 Å². The maximum Gasteiger partial charge on any atom is 0.256 e. The van der Waals surface area contributed by atoms with E-state index < -0.39 is 0 Å². The van der Waals surface area contributed by atoms with Gasteiger partial charge < -0.3 is 19.9 Å². The van der Waals surface area contributed by atoms with Crippen molar-refractivity contribution >= 4 is 17.6 Å². The average Bonchev–Trinajstić information content (AvgIpc) is 3.11. The van der Waals surface area contributed by atoms with Crippen molar-refractivity contribution in [1.29, 1.82) is 0 Å². The van der Waals surface area contributed by atoms with Gasteiger partial charge in [0.1, 0.15) is 11.5 Å². The van der Waals surface area contributed by atoms with Gasteiger partial charge in [-0.15, -0.1) is 0 Å². The third-order valence-electron chi connectivity index (χ3n) is 3.87. The topological polar surface area (TPSA) is 93.5 Å². The van der Waals surface area contributed by atoms with Crippen LogP contribution in [0.15, 0.2) is 59.1 Å². The molecule has 0 aliphatic heterocycles. The lowest BCUT2D eigenvalue weighted by atomic mass is 10.1. The van der Waals surface area contributed by atoms with E-state index >= 15 is 0 Å². The van der Waals surface area contributed by atoms with Crippen molar-refractivity contribution in [3.8, 4) is 5.75 Å². The number of nitrogens with zero attached hydrogens (tertiary/aromatic N) is 1. The maximum atomic E-state index is 12.4. The van der Waals surface area contributed by atoms with E-state index in [0.29, 0.717) is 29.2 Å². The summed E-state index contributed by atoms with van der Waals surface area (Å²) in [5.41, 5.74) is 1.69. The number of carbonyl (C=O) groups is 2. The molecule has 3 rings (SSSR count). The molecule has 0 unspecified atom stereocenters. The Hall–Kier alpha value is -3.61. The number of benzene rings is 2. The monoisotopic (exact) mass is 365 g/mol. The summed E-state index contributed by atoms with van der Waals surface area (Å²) in [6.07, 6.45) is 0. The van der Waals surface area contributed by atoms with Gasteiger partial charge >= 0.3 is 0 Å². The molecule has 1 heterocycles. The maximum absolute atomic E-state index is 12.4. The zero-order valence-corrected chi connectivity index (χ0v) is 15.0. The van der Waals surface area contributed by atoms with Gasteiger partial charge in [0.25, 0.3) is 11.8 Å². The second-order valence-corrected chi connectivity index (χ2v) is 5.89. The van der Waals surface area contributed by atoms with Gasteiger partial charge in [-0.1, -0.05) is 23.4 Å². The number of ether oxygens (including phenoxy) is 1. The van der Waals surface area contributed by atoms with Gasteiger partial charge in [0.15, 0.2) is 5.82 Å². The Bertz CT molecular complexity index is 948. The summed E-state index contributed by atoms with van der Waals surface area (Å²) in [4.78, 5) is 24.7. The van der Waals surface area contributed by atoms with Crippen LogP contribution in [0.1, 0.15) is 32.0 Å². The van der Waals surface area contributed by atoms with Crippen molar-refractivity contribution < 1.29 is 18.8 Å². The summed E-state index contributed by atoms with van der Waals surface area (Å²) in [7, 11) is 1.60. The number of anilines is 1. The fraction of sp³-hybridized carbons (Fsp3) is 0.150. The van der Waals surface area contributed by atoms with Gasteiger partial charge in [0, 0.05) is 23.7 Å². The van der Waals surface area contributed by atoms with Crippen LogP contribution in [0.5, 0.6) is 5.75 Å². The number of aromatic nitrogens is 1. The van der Waals surface area contributed by atoms with Crippen molar-refractivity contribution in [1.82, 2.24) is 10.5 Å². The van der Waals surface area contributed by atoms with Gasteiger partial charge in [-0.3, -0.25) is 9.59 Å². The molecule has 0 saturated heterocycles. The van der Waals surface area contributed by atoms with Crippen LogP contribution in [0.4, 0.5) is 5.82 Å². The molecular formula is C20H19N3O4. The molecule has 0 spiro atoms. The van der Waals surface area contributed by atoms with Crippen LogP contribution in [0.2, 0.25) is 0 Å². The molecule has 1 aromatic heterocycles. The second-order valence-electron chi connectivity index (χ2n) is 5.89. The van der Waals surface area contributed by atoms with E-state index in [-0.39, 0.29) is 11.8 Å². The second kappa shape index (κ2) is 8.18. The molecule has 0 saturated carbocycles. The molecule has 2 N–H and O–H groups in total. The van der Waals surface area contributed by atoms with Crippen LogP contribution in [0, 0.1) is 6.92 Å². The fourth-order valence-corrected chi connectivity index (χ4v) is 2.44. The molecule has 0 aliphatic carbocycles. The predicted molar refractivity (Wildman–Crippen MR) is 99.8 cm³/mol. The minimum absolute atomic E-state index is 0.266. The van der Waals surface area contributed by atoms with Gasteiger partial charge in [-0.2, -0.15) is 0 Å². The molecule has 138 valence electrons. The number of amides is 2. The average molecular weight is 365 g/mol. The lowest BCUT2D eigenvalue weighted by Gasteiger charge is -2.08. The lowest BCUT2D eigenvalue weighted by Crippen LogP contribution is -2.23. The summed E-state index contributed by atoms with van der Waals surface area (Å²) in [5.74, 6) is 1.04. The molecule has 27 heavy (non-hydrogen) atoms. The van der Waals surface area contributed by atoms with Crippen molar-refractivity contribution in [2.75, 3.05) is 12.4 Å². The zero-order chi connectivity index (χ0) is 19.2. The Kier molecular flexibility index (Phi) is 5.51. The number of hydrogen-bond acceptors (Lipinski definition) is 5. The Balaban J connectivity index is 1.63. The minimum Gasteiger partial charge on any atom is -0.497 e. The SMILES string of the molecule is COc1ccc(CNC(=O)c2cccc(C(=O)Nc3cc(C)on3)c2)cc1. The Morgan fingerprint density at radius 1 is 1.04 bits per heavy atom. The Morgan fingerprint density at radius 2 is 1.74 bits per heavy atom. The molecule has 0 atom stereocenters. The van der Waals surface area contributed by atoms with E-state index in [1.807, 2.05) is 24.3 Å². The molecule has 0 bridgehead atoms. The first kappa shape index (κ1) is 18.2. The highest BCUT2D eigenvalue weighted by Gasteiger charge is 2.12. The first-order valence-corrected chi connectivity index (χ1v) is 8.31. The van der Waals surface area contributed by atoms with Crippen LogP contribution in [0.25, 0.3) is 0 Å². The summed E-state index contributed by atoms with van der Waals surface area (Å²) >= 11 is 0. The van der Waals surface area contributed by atoms with Crippen LogP contribution in [-0.2, 0) is 6.54 Å². The summed E-state index contributed by atoms with van der Waals surface area (Å²) in [6, 6.07) is 15.5. The number of carbonyl (C=O) groups excluding carboxylic acids is 2.